The number of halogens is 2. The Kier molecular flexibility index (Phi) is 5.03. The summed E-state index contributed by atoms with van der Waals surface area (Å²) in [5, 5.41) is 13.4. The number of hydrogen-bond donors (Lipinski definition) is 2. The van der Waals surface area contributed by atoms with Gasteiger partial charge in [0.05, 0.1) is 15.0 Å². The maximum Gasteiger partial charge on any atom is 0.355 e. The summed E-state index contributed by atoms with van der Waals surface area (Å²) in [6, 6.07) is 4.47. The van der Waals surface area contributed by atoms with Crippen molar-refractivity contribution in [3.63, 3.8) is 0 Å². The number of thiazole rings is 1. The van der Waals surface area contributed by atoms with Gasteiger partial charge in [0.25, 0.3) is 5.91 Å². The summed E-state index contributed by atoms with van der Waals surface area (Å²) >= 11 is 4.22. The lowest BCUT2D eigenvalue weighted by Crippen LogP contribution is -2.26. The topological polar surface area (TPSA) is 79.3 Å². The molecule has 110 valence electrons. The Bertz CT molecular complexity index is 690. The predicted octanol–water partition coefficient (Wildman–Crippen LogP) is 2.72. The van der Waals surface area contributed by atoms with Crippen molar-refractivity contribution in [1.82, 2.24) is 10.3 Å². The molecule has 0 saturated carbocycles. The number of benzene rings is 1. The van der Waals surface area contributed by atoms with Crippen LogP contribution in [-0.4, -0.2) is 28.5 Å². The Morgan fingerprint density at radius 3 is 2.86 bits per heavy atom. The van der Waals surface area contributed by atoms with Gasteiger partial charge in [0.2, 0.25) is 0 Å². The van der Waals surface area contributed by atoms with E-state index in [-0.39, 0.29) is 22.3 Å². The Hall–Kier alpha value is -1.80. The van der Waals surface area contributed by atoms with Gasteiger partial charge in [-0.25, -0.2) is 14.2 Å². The fraction of sp³-hybridized carbons (Fsp3) is 0.154. The van der Waals surface area contributed by atoms with Gasteiger partial charge in [-0.05, 0) is 28.1 Å². The fourth-order valence-electron chi connectivity index (χ4n) is 1.58. The molecule has 2 aromatic rings. The summed E-state index contributed by atoms with van der Waals surface area (Å²) in [6.07, 6.45) is 0.388. The second-order valence-corrected chi connectivity index (χ2v) is 5.84. The third kappa shape index (κ3) is 3.85. The number of carboxylic acids is 1. The Labute approximate surface area is 132 Å². The highest BCUT2D eigenvalue weighted by atomic mass is 79.9. The third-order valence-corrected chi connectivity index (χ3v) is 4.11. The number of hydrogen-bond acceptors (Lipinski definition) is 4. The zero-order valence-electron chi connectivity index (χ0n) is 10.6. The molecule has 2 rings (SSSR count). The zero-order chi connectivity index (χ0) is 15.4. The average Bonchev–Trinajstić information content (AvgIpc) is 2.91. The molecule has 0 atom stereocenters. The second-order valence-electron chi connectivity index (χ2n) is 4.04. The maximum atomic E-state index is 13.7. The van der Waals surface area contributed by atoms with Crippen molar-refractivity contribution in [2.24, 2.45) is 0 Å². The van der Waals surface area contributed by atoms with E-state index >= 15 is 0 Å². The van der Waals surface area contributed by atoms with Gasteiger partial charge in [-0.2, -0.15) is 0 Å². The SMILES string of the molecule is O=C(O)c1csc(CCNC(=O)c2cccc(Br)c2F)n1. The smallest absolute Gasteiger partial charge is 0.355 e. The number of aromatic carboxylic acids is 1. The van der Waals surface area contributed by atoms with Crippen molar-refractivity contribution < 1.29 is 19.1 Å². The van der Waals surface area contributed by atoms with Crippen LogP contribution in [-0.2, 0) is 6.42 Å². The lowest BCUT2D eigenvalue weighted by Gasteiger charge is -2.05. The van der Waals surface area contributed by atoms with Crippen LogP contribution in [0, 0.1) is 5.82 Å². The molecular formula is C13H10BrFN2O3S. The monoisotopic (exact) mass is 372 g/mol. The van der Waals surface area contributed by atoms with Crippen LogP contribution in [0.3, 0.4) is 0 Å². The molecule has 0 spiro atoms. The molecule has 0 radical (unpaired) electrons. The van der Waals surface area contributed by atoms with Gasteiger partial charge in [0.1, 0.15) is 5.82 Å². The van der Waals surface area contributed by atoms with Crippen LogP contribution >= 0.6 is 27.3 Å². The van der Waals surface area contributed by atoms with Crippen LogP contribution in [0.4, 0.5) is 4.39 Å². The minimum absolute atomic E-state index is 0.0145. The molecule has 21 heavy (non-hydrogen) atoms. The largest absolute Gasteiger partial charge is 0.476 e. The summed E-state index contributed by atoms with van der Waals surface area (Å²) in [5.41, 5.74) is -0.0610. The van der Waals surface area contributed by atoms with Gasteiger partial charge in [-0.1, -0.05) is 6.07 Å². The molecule has 0 aliphatic heterocycles. The minimum atomic E-state index is -1.09. The number of rotatable bonds is 5. The van der Waals surface area contributed by atoms with Gasteiger partial charge in [-0.3, -0.25) is 4.79 Å². The Balaban J connectivity index is 1.92. The molecular weight excluding hydrogens is 363 g/mol. The fourth-order valence-corrected chi connectivity index (χ4v) is 2.72. The molecule has 1 aromatic heterocycles. The number of amides is 1. The lowest BCUT2D eigenvalue weighted by molar-refractivity contribution is 0.0690. The van der Waals surface area contributed by atoms with E-state index < -0.39 is 17.7 Å². The van der Waals surface area contributed by atoms with Gasteiger partial charge >= 0.3 is 5.97 Å². The van der Waals surface area contributed by atoms with Crippen molar-refractivity contribution in [1.29, 1.82) is 0 Å². The zero-order valence-corrected chi connectivity index (χ0v) is 13.0. The van der Waals surface area contributed by atoms with E-state index in [1.54, 1.807) is 6.07 Å². The van der Waals surface area contributed by atoms with E-state index in [2.05, 4.69) is 26.2 Å². The Morgan fingerprint density at radius 2 is 2.19 bits per heavy atom. The van der Waals surface area contributed by atoms with E-state index in [0.29, 0.717) is 11.4 Å². The molecule has 1 amide bonds. The van der Waals surface area contributed by atoms with Crippen LogP contribution in [0.1, 0.15) is 25.9 Å². The first-order chi connectivity index (χ1) is 9.99. The molecule has 0 aliphatic rings. The van der Waals surface area contributed by atoms with Gasteiger partial charge in [0, 0.05) is 18.3 Å². The molecule has 0 unspecified atom stereocenters. The third-order valence-electron chi connectivity index (χ3n) is 2.59. The van der Waals surface area contributed by atoms with E-state index in [1.807, 2.05) is 0 Å². The first kappa shape index (κ1) is 15.6. The van der Waals surface area contributed by atoms with Crippen molar-refractivity contribution >= 4 is 39.1 Å². The van der Waals surface area contributed by atoms with E-state index in [1.165, 1.54) is 28.8 Å². The summed E-state index contributed by atoms with van der Waals surface area (Å²) in [7, 11) is 0. The molecule has 1 heterocycles. The summed E-state index contributed by atoms with van der Waals surface area (Å²) in [5.74, 6) is -2.22. The summed E-state index contributed by atoms with van der Waals surface area (Å²) < 4.78 is 13.9. The number of carbonyl (C=O) groups excluding carboxylic acids is 1. The number of carbonyl (C=O) groups is 2. The van der Waals surface area contributed by atoms with Crippen molar-refractivity contribution in [2.45, 2.75) is 6.42 Å². The second kappa shape index (κ2) is 6.77. The van der Waals surface area contributed by atoms with Crippen molar-refractivity contribution in [2.75, 3.05) is 6.54 Å². The number of nitrogens with zero attached hydrogens (tertiary/aromatic N) is 1. The van der Waals surface area contributed by atoms with Crippen LogP contribution in [0.25, 0.3) is 0 Å². The number of aromatic nitrogens is 1. The molecule has 0 fully saturated rings. The van der Waals surface area contributed by atoms with Gasteiger partial charge in [0.15, 0.2) is 5.69 Å². The highest BCUT2D eigenvalue weighted by Crippen LogP contribution is 2.18. The average molecular weight is 373 g/mol. The number of nitrogens with one attached hydrogen (secondary N) is 1. The normalized spacial score (nSPS) is 10.4. The molecule has 0 aliphatic carbocycles. The van der Waals surface area contributed by atoms with Crippen molar-refractivity contribution in [3.8, 4) is 0 Å². The first-order valence-electron chi connectivity index (χ1n) is 5.89. The molecule has 0 bridgehead atoms. The minimum Gasteiger partial charge on any atom is -0.476 e. The van der Waals surface area contributed by atoms with Crippen LogP contribution < -0.4 is 5.32 Å². The predicted molar refractivity (Wildman–Crippen MR) is 79.2 cm³/mol. The molecule has 2 N–H and O–H groups in total. The van der Waals surface area contributed by atoms with Crippen LogP contribution in [0.2, 0.25) is 0 Å². The van der Waals surface area contributed by atoms with E-state index in [9.17, 15) is 14.0 Å². The lowest BCUT2D eigenvalue weighted by atomic mass is 10.2. The quantitative estimate of drug-likeness (QED) is 0.845. The standard InChI is InChI=1S/C13H10BrFN2O3S/c14-8-3-1-2-7(11(8)15)12(18)16-5-4-10-17-9(6-21-10)13(19)20/h1-3,6H,4-5H2,(H,16,18)(H,19,20). The molecule has 1 aromatic carbocycles. The Morgan fingerprint density at radius 1 is 1.43 bits per heavy atom. The number of carboxylic acid groups (broad SMARTS) is 1. The highest BCUT2D eigenvalue weighted by molar-refractivity contribution is 9.10. The molecule has 0 saturated heterocycles. The first-order valence-corrected chi connectivity index (χ1v) is 7.56. The van der Waals surface area contributed by atoms with Crippen molar-refractivity contribution in [3.05, 3.63) is 50.1 Å². The van der Waals surface area contributed by atoms with Gasteiger partial charge in [-0.15, -0.1) is 11.3 Å². The van der Waals surface area contributed by atoms with Crippen LogP contribution in [0.15, 0.2) is 28.1 Å². The highest BCUT2D eigenvalue weighted by Gasteiger charge is 2.14. The molecule has 5 nitrogen and oxygen atoms in total. The van der Waals surface area contributed by atoms with Gasteiger partial charge < -0.3 is 10.4 Å². The van der Waals surface area contributed by atoms with E-state index in [0.717, 1.165) is 0 Å². The molecule has 8 heteroatoms. The summed E-state index contributed by atoms with van der Waals surface area (Å²) in [4.78, 5) is 26.4. The summed E-state index contributed by atoms with van der Waals surface area (Å²) in [6.45, 7) is 0.247. The maximum absolute atomic E-state index is 13.7. The van der Waals surface area contributed by atoms with Crippen LogP contribution in [0.5, 0.6) is 0 Å². The van der Waals surface area contributed by atoms with E-state index in [4.69, 9.17) is 5.11 Å².